The van der Waals surface area contributed by atoms with Gasteiger partial charge in [-0.2, -0.15) is 0 Å². The van der Waals surface area contributed by atoms with Crippen molar-refractivity contribution in [1.29, 1.82) is 0 Å². The number of amides is 2. The van der Waals surface area contributed by atoms with Crippen LogP contribution in [0.5, 0.6) is 0 Å². The number of rotatable bonds is 6. The van der Waals surface area contributed by atoms with Crippen LogP contribution in [0.1, 0.15) is 54.3 Å². The molecule has 2 aromatic rings. The molecule has 0 bridgehead atoms. The lowest BCUT2D eigenvalue weighted by molar-refractivity contribution is -0.118. The number of benzene rings is 1. The lowest BCUT2D eigenvalue weighted by Crippen LogP contribution is -2.33. The Kier molecular flexibility index (Phi) is 5.38. The number of aromatic nitrogens is 1. The summed E-state index contributed by atoms with van der Waals surface area (Å²) >= 11 is 0. The van der Waals surface area contributed by atoms with Gasteiger partial charge < -0.3 is 20.9 Å². The molecular weight excluding hydrogens is 316 g/mol. The van der Waals surface area contributed by atoms with Crippen molar-refractivity contribution in [2.45, 2.75) is 39.2 Å². The van der Waals surface area contributed by atoms with Crippen LogP contribution in [0.2, 0.25) is 0 Å². The molecule has 4 N–H and O–H groups in total. The van der Waals surface area contributed by atoms with Crippen molar-refractivity contribution in [3.8, 4) is 0 Å². The van der Waals surface area contributed by atoms with Crippen LogP contribution in [0.3, 0.4) is 0 Å². The average molecular weight is 342 g/mol. The van der Waals surface area contributed by atoms with Gasteiger partial charge in [-0.3, -0.25) is 9.59 Å². The Morgan fingerprint density at radius 2 is 2.08 bits per heavy atom. The predicted molar refractivity (Wildman–Crippen MR) is 98.7 cm³/mol. The van der Waals surface area contributed by atoms with Gasteiger partial charge in [0, 0.05) is 54.8 Å². The summed E-state index contributed by atoms with van der Waals surface area (Å²) in [7, 11) is 0. The highest BCUT2D eigenvalue weighted by atomic mass is 16.2. The van der Waals surface area contributed by atoms with Gasteiger partial charge in [0.05, 0.1) is 0 Å². The standard InChI is InChI=1S/C19H26N4O2/c1-3-20-19(25)13-7-8-16-15(11-13)14-5-4-6-17(18(14)23-16)22-10-9-21-12(2)24/h7-8,11,17,22-23H,3-6,9-10H2,1-2H3,(H,20,25)(H,21,24). The van der Waals surface area contributed by atoms with Gasteiger partial charge >= 0.3 is 0 Å². The van der Waals surface area contributed by atoms with E-state index in [2.05, 4.69) is 20.9 Å². The first-order valence-electron chi connectivity index (χ1n) is 9.00. The van der Waals surface area contributed by atoms with Crippen molar-refractivity contribution < 1.29 is 9.59 Å². The molecule has 1 heterocycles. The van der Waals surface area contributed by atoms with Crippen molar-refractivity contribution in [3.63, 3.8) is 0 Å². The molecule has 25 heavy (non-hydrogen) atoms. The maximum absolute atomic E-state index is 12.1. The minimum Gasteiger partial charge on any atom is -0.357 e. The van der Waals surface area contributed by atoms with E-state index in [4.69, 9.17) is 0 Å². The quantitative estimate of drug-likeness (QED) is 0.606. The first-order valence-corrected chi connectivity index (χ1v) is 9.00. The molecule has 1 aliphatic carbocycles. The molecular formula is C19H26N4O2. The van der Waals surface area contributed by atoms with Crippen LogP contribution in [0.15, 0.2) is 18.2 Å². The third-order valence-corrected chi connectivity index (χ3v) is 4.70. The van der Waals surface area contributed by atoms with Crippen LogP contribution < -0.4 is 16.0 Å². The van der Waals surface area contributed by atoms with Crippen LogP contribution >= 0.6 is 0 Å². The van der Waals surface area contributed by atoms with Crippen LogP contribution in [0.4, 0.5) is 0 Å². The van der Waals surface area contributed by atoms with Crippen molar-refractivity contribution in [1.82, 2.24) is 20.9 Å². The molecule has 1 aliphatic rings. The predicted octanol–water partition coefficient (Wildman–Crippen LogP) is 2.02. The van der Waals surface area contributed by atoms with Crippen LogP contribution in [0, 0.1) is 0 Å². The van der Waals surface area contributed by atoms with Crippen LogP contribution in [-0.4, -0.2) is 36.4 Å². The normalized spacial score (nSPS) is 16.5. The molecule has 3 rings (SSSR count). The zero-order valence-electron chi connectivity index (χ0n) is 14.9. The molecule has 1 atom stereocenters. The van der Waals surface area contributed by atoms with Gasteiger partial charge in [-0.25, -0.2) is 0 Å². The Labute approximate surface area is 147 Å². The van der Waals surface area contributed by atoms with Crippen LogP contribution in [0.25, 0.3) is 10.9 Å². The highest BCUT2D eigenvalue weighted by molar-refractivity contribution is 5.99. The molecule has 1 aromatic heterocycles. The Bertz CT molecular complexity index is 781. The van der Waals surface area contributed by atoms with E-state index in [0.717, 1.165) is 36.7 Å². The molecule has 6 nitrogen and oxygen atoms in total. The zero-order chi connectivity index (χ0) is 17.8. The average Bonchev–Trinajstić information content (AvgIpc) is 2.97. The minimum atomic E-state index is -0.0276. The molecule has 134 valence electrons. The fraction of sp³-hybridized carbons (Fsp3) is 0.474. The van der Waals surface area contributed by atoms with E-state index in [1.54, 1.807) is 0 Å². The summed E-state index contributed by atoms with van der Waals surface area (Å²) in [5, 5.41) is 10.3. The number of hydrogen-bond donors (Lipinski definition) is 4. The number of aromatic amines is 1. The number of fused-ring (bicyclic) bond motifs is 3. The summed E-state index contributed by atoms with van der Waals surface area (Å²) in [5.41, 5.74) is 4.31. The summed E-state index contributed by atoms with van der Waals surface area (Å²) in [5.74, 6) is -0.0326. The number of nitrogens with one attached hydrogen (secondary N) is 4. The van der Waals surface area contributed by atoms with Gasteiger partial charge in [-0.15, -0.1) is 0 Å². The second-order valence-electron chi connectivity index (χ2n) is 6.52. The summed E-state index contributed by atoms with van der Waals surface area (Å²) < 4.78 is 0. The molecule has 1 unspecified atom stereocenters. The Balaban J connectivity index is 1.81. The molecule has 2 amide bonds. The molecule has 0 radical (unpaired) electrons. The van der Waals surface area contributed by atoms with E-state index < -0.39 is 0 Å². The van der Waals surface area contributed by atoms with E-state index in [1.807, 2.05) is 25.1 Å². The molecule has 0 aliphatic heterocycles. The van der Waals surface area contributed by atoms with E-state index in [0.29, 0.717) is 18.7 Å². The van der Waals surface area contributed by atoms with Crippen molar-refractivity contribution >= 4 is 22.7 Å². The van der Waals surface area contributed by atoms with Crippen LogP contribution in [-0.2, 0) is 11.2 Å². The number of aryl methyl sites for hydroxylation is 1. The van der Waals surface area contributed by atoms with Gasteiger partial charge in [0.25, 0.3) is 5.91 Å². The zero-order valence-corrected chi connectivity index (χ0v) is 14.9. The van der Waals surface area contributed by atoms with Gasteiger partial charge in [-0.1, -0.05) is 0 Å². The minimum absolute atomic E-state index is 0.00497. The van der Waals surface area contributed by atoms with E-state index >= 15 is 0 Å². The second kappa shape index (κ2) is 7.70. The lowest BCUT2D eigenvalue weighted by Gasteiger charge is -2.24. The summed E-state index contributed by atoms with van der Waals surface area (Å²) in [4.78, 5) is 26.6. The molecule has 0 saturated carbocycles. The first-order chi connectivity index (χ1) is 12.1. The Morgan fingerprint density at radius 3 is 2.84 bits per heavy atom. The highest BCUT2D eigenvalue weighted by Crippen LogP contribution is 2.35. The summed E-state index contributed by atoms with van der Waals surface area (Å²) in [6, 6.07) is 6.12. The fourth-order valence-corrected chi connectivity index (χ4v) is 3.56. The highest BCUT2D eigenvalue weighted by Gasteiger charge is 2.24. The van der Waals surface area contributed by atoms with E-state index in [9.17, 15) is 9.59 Å². The number of hydrogen-bond acceptors (Lipinski definition) is 3. The van der Waals surface area contributed by atoms with Crippen molar-refractivity contribution in [3.05, 3.63) is 35.0 Å². The van der Waals surface area contributed by atoms with E-state index in [1.165, 1.54) is 18.2 Å². The molecule has 0 saturated heterocycles. The first kappa shape index (κ1) is 17.5. The topological polar surface area (TPSA) is 86.0 Å². The molecule has 6 heteroatoms. The number of carbonyl (C=O) groups is 2. The maximum Gasteiger partial charge on any atom is 0.251 e. The summed E-state index contributed by atoms with van der Waals surface area (Å²) in [6.07, 6.45) is 3.21. The Hall–Kier alpha value is -2.34. The monoisotopic (exact) mass is 342 g/mol. The summed E-state index contributed by atoms with van der Waals surface area (Å²) in [6.45, 7) is 5.45. The molecule has 1 aromatic carbocycles. The third kappa shape index (κ3) is 3.85. The Morgan fingerprint density at radius 1 is 1.24 bits per heavy atom. The number of H-pyrrole nitrogens is 1. The SMILES string of the molecule is CCNC(=O)c1ccc2[nH]c3c(c2c1)CCCC3NCCNC(C)=O. The largest absolute Gasteiger partial charge is 0.357 e. The maximum atomic E-state index is 12.1. The van der Waals surface area contributed by atoms with Crippen molar-refractivity contribution in [2.24, 2.45) is 0 Å². The van der Waals surface area contributed by atoms with E-state index in [-0.39, 0.29) is 17.9 Å². The molecule has 0 fully saturated rings. The third-order valence-electron chi connectivity index (χ3n) is 4.70. The van der Waals surface area contributed by atoms with Gasteiger partial charge in [0.1, 0.15) is 0 Å². The lowest BCUT2D eigenvalue weighted by atomic mass is 9.91. The smallest absolute Gasteiger partial charge is 0.251 e. The van der Waals surface area contributed by atoms with Crippen molar-refractivity contribution in [2.75, 3.05) is 19.6 Å². The second-order valence-corrected chi connectivity index (χ2v) is 6.52. The van der Waals surface area contributed by atoms with Gasteiger partial charge in [0.15, 0.2) is 0 Å². The van der Waals surface area contributed by atoms with Gasteiger partial charge in [0.2, 0.25) is 5.91 Å². The molecule has 0 spiro atoms. The van der Waals surface area contributed by atoms with Gasteiger partial charge in [-0.05, 0) is 49.9 Å². The fourth-order valence-electron chi connectivity index (χ4n) is 3.56. The number of carbonyl (C=O) groups excluding carboxylic acids is 2.